The standard InChI is InChI=1S/C15H29N3/c1-4-8-16-10-13(2)11-18-9-7-14-5-6-15(12-18)17(14)3/h14-16H,2,4-12H2,1,3H3. The number of hydrogen-bond acceptors (Lipinski definition) is 3. The second-order valence-corrected chi connectivity index (χ2v) is 6.00. The van der Waals surface area contributed by atoms with Gasteiger partial charge in [0.25, 0.3) is 0 Å². The summed E-state index contributed by atoms with van der Waals surface area (Å²) in [6.07, 6.45) is 5.33. The number of rotatable bonds is 6. The molecule has 0 aromatic heterocycles. The van der Waals surface area contributed by atoms with Crippen molar-refractivity contribution in [3.8, 4) is 0 Å². The molecular weight excluding hydrogens is 222 g/mol. The van der Waals surface area contributed by atoms with Gasteiger partial charge < -0.3 is 5.32 Å². The van der Waals surface area contributed by atoms with Crippen LogP contribution in [-0.4, -0.2) is 61.7 Å². The zero-order valence-electron chi connectivity index (χ0n) is 12.1. The molecule has 18 heavy (non-hydrogen) atoms. The molecule has 0 aromatic carbocycles. The maximum atomic E-state index is 4.21. The highest BCUT2D eigenvalue weighted by molar-refractivity contribution is 5.02. The van der Waals surface area contributed by atoms with Gasteiger partial charge in [0.1, 0.15) is 0 Å². The normalized spacial score (nSPS) is 29.4. The van der Waals surface area contributed by atoms with E-state index in [9.17, 15) is 0 Å². The van der Waals surface area contributed by atoms with Gasteiger partial charge in [-0.1, -0.05) is 13.5 Å². The van der Waals surface area contributed by atoms with E-state index in [-0.39, 0.29) is 0 Å². The Kier molecular flexibility index (Phi) is 5.22. The van der Waals surface area contributed by atoms with E-state index in [1.54, 1.807) is 0 Å². The molecule has 2 atom stereocenters. The summed E-state index contributed by atoms with van der Waals surface area (Å²) in [6, 6.07) is 1.63. The highest BCUT2D eigenvalue weighted by Crippen LogP contribution is 2.28. The SMILES string of the molecule is C=C(CNCCC)CN1CCC2CCC(C1)N2C. The molecule has 2 unspecified atom stereocenters. The van der Waals surface area contributed by atoms with E-state index in [2.05, 4.69) is 35.7 Å². The molecule has 2 bridgehead atoms. The van der Waals surface area contributed by atoms with Crippen LogP contribution in [0.1, 0.15) is 32.6 Å². The molecule has 0 aliphatic carbocycles. The number of likely N-dealkylation sites (tertiary alicyclic amines) is 1. The van der Waals surface area contributed by atoms with Crippen LogP contribution in [0.25, 0.3) is 0 Å². The van der Waals surface area contributed by atoms with Crippen molar-refractivity contribution >= 4 is 0 Å². The molecule has 0 saturated carbocycles. The van der Waals surface area contributed by atoms with Crippen LogP contribution in [0.5, 0.6) is 0 Å². The molecule has 2 aliphatic rings. The van der Waals surface area contributed by atoms with Crippen molar-refractivity contribution in [2.45, 2.75) is 44.7 Å². The molecule has 0 aromatic rings. The van der Waals surface area contributed by atoms with Gasteiger partial charge in [-0.3, -0.25) is 9.80 Å². The van der Waals surface area contributed by atoms with Crippen LogP contribution in [0.15, 0.2) is 12.2 Å². The summed E-state index contributed by atoms with van der Waals surface area (Å²) in [5.74, 6) is 0. The summed E-state index contributed by atoms with van der Waals surface area (Å²) in [5, 5.41) is 3.45. The Balaban J connectivity index is 1.75. The summed E-state index contributed by atoms with van der Waals surface area (Å²) < 4.78 is 0. The van der Waals surface area contributed by atoms with Crippen LogP contribution in [-0.2, 0) is 0 Å². The maximum absolute atomic E-state index is 4.21. The summed E-state index contributed by atoms with van der Waals surface area (Å²) >= 11 is 0. The third-order valence-electron chi connectivity index (χ3n) is 4.48. The Bertz CT molecular complexity index is 277. The monoisotopic (exact) mass is 251 g/mol. The van der Waals surface area contributed by atoms with Crippen LogP contribution >= 0.6 is 0 Å². The lowest BCUT2D eigenvalue weighted by molar-refractivity contribution is 0.226. The first kappa shape index (κ1) is 14.0. The average Bonchev–Trinajstić information content (AvgIpc) is 2.58. The highest BCUT2D eigenvalue weighted by atomic mass is 15.3. The lowest BCUT2D eigenvalue weighted by atomic mass is 10.1. The first-order valence-corrected chi connectivity index (χ1v) is 7.52. The fourth-order valence-corrected chi connectivity index (χ4v) is 3.34. The Labute approximate surface area is 112 Å². The zero-order chi connectivity index (χ0) is 13.0. The minimum atomic E-state index is 0.786. The van der Waals surface area contributed by atoms with Crippen molar-refractivity contribution < 1.29 is 0 Å². The molecule has 1 N–H and O–H groups in total. The van der Waals surface area contributed by atoms with Crippen LogP contribution < -0.4 is 5.32 Å². The second kappa shape index (κ2) is 6.69. The average molecular weight is 251 g/mol. The highest BCUT2D eigenvalue weighted by Gasteiger charge is 2.34. The van der Waals surface area contributed by atoms with Gasteiger partial charge in [0.2, 0.25) is 0 Å². The molecule has 0 radical (unpaired) electrons. The van der Waals surface area contributed by atoms with Crippen molar-refractivity contribution in [3.63, 3.8) is 0 Å². The number of fused-ring (bicyclic) bond motifs is 2. The van der Waals surface area contributed by atoms with Crippen molar-refractivity contribution in [1.82, 2.24) is 15.1 Å². The summed E-state index contributed by atoms with van der Waals surface area (Å²) in [7, 11) is 2.31. The molecule has 0 amide bonds. The first-order valence-electron chi connectivity index (χ1n) is 7.52. The van der Waals surface area contributed by atoms with Gasteiger partial charge in [-0.2, -0.15) is 0 Å². The van der Waals surface area contributed by atoms with Gasteiger partial charge in [0.15, 0.2) is 0 Å². The van der Waals surface area contributed by atoms with Gasteiger partial charge in [-0.05, 0) is 44.8 Å². The van der Waals surface area contributed by atoms with Gasteiger partial charge in [0.05, 0.1) is 0 Å². The van der Waals surface area contributed by atoms with E-state index >= 15 is 0 Å². The van der Waals surface area contributed by atoms with Crippen molar-refractivity contribution in [3.05, 3.63) is 12.2 Å². The van der Waals surface area contributed by atoms with Gasteiger partial charge in [-0.25, -0.2) is 0 Å². The molecule has 104 valence electrons. The quantitative estimate of drug-likeness (QED) is 0.573. The van der Waals surface area contributed by atoms with Crippen molar-refractivity contribution in [2.24, 2.45) is 0 Å². The number of nitrogens with zero attached hydrogens (tertiary/aromatic N) is 2. The smallest absolute Gasteiger partial charge is 0.0223 e. The van der Waals surface area contributed by atoms with Crippen molar-refractivity contribution in [1.29, 1.82) is 0 Å². The molecule has 3 nitrogen and oxygen atoms in total. The van der Waals surface area contributed by atoms with Crippen LogP contribution in [0, 0.1) is 0 Å². The van der Waals surface area contributed by atoms with E-state index in [0.717, 1.165) is 31.7 Å². The molecular formula is C15H29N3. The minimum absolute atomic E-state index is 0.786. The minimum Gasteiger partial charge on any atom is -0.313 e. The molecule has 3 heteroatoms. The predicted molar refractivity (Wildman–Crippen MR) is 77.9 cm³/mol. The van der Waals surface area contributed by atoms with E-state index in [1.807, 2.05) is 0 Å². The van der Waals surface area contributed by atoms with Crippen molar-refractivity contribution in [2.75, 3.05) is 39.8 Å². The second-order valence-electron chi connectivity index (χ2n) is 6.00. The van der Waals surface area contributed by atoms with E-state index in [4.69, 9.17) is 0 Å². The Hall–Kier alpha value is -0.380. The topological polar surface area (TPSA) is 18.5 Å². The fraction of sp³-hybridized carbons (Fsp3) is 0.867. The Morgan fingerprint density at radius 3 is 2.83 bits per heavy atom. The van der Waals surface area contributed by atoms with Crippen LogP contribution in [0.2, 0.25) is 0 Å². The number of hydrogen-bond donors (Lipinski definition) is 1. The molecule has 2 heterocycles. The number of nitrogens with one attached hydrogen (secondary N) is 1. The molecule has 0 spiro atoms. The largest absolute Gasteiger partial charge is 0.313 e. The third-order valence-corrected chi connectivity index (χ3v) is 4.48. The van der Waals surface area contributed by atoms with Gasteiger partial charge in [0, 0.05) is 38.3 Å². The third kappa shape index (κ3) is 3.56. The Morgan fingerprint density at radius 2 is 2.06 bits per heavy atom. The van der Waals surface area contributed by atoms with E-state index in [0.29, 0.717) is 0 Å². The first-order chi connectivity index (χ1) is 8.70. The summed E-state index contributed by atoms with van der Waals surface area (Å²) in [4.78, 5) is 5.22. The summed E-state index contributed by atoms with van der Waals surface area (Å²) in [5.41, 5.74) is 1.34. The molecule has 2 rings (SSSR count). The fourth-order valence-electron chi connectivity index (χ4n) is 3.34. The molecule has 2 fully saturated rings. The van der Waals surface area contributed by atoms with Gasteiger partial charge in [-0.15, -0.1) is 0 Å². The number of likely N-dealkylation sites (N-methyl/N-ethyl adjacent to an activating group) is 1. The van der Waals surface area contributed by atoms with Crippen LogP contribution in [0.4, 0.5) is 0 Å². The van der Waals surface area contributed by atoms with E-state index < -0.39 is 0 Å². The van der Waals surface area contributed by atoms with Gasteiger partial charge >= 0.3 is 0 Å². The van der Waals surface area contributed by atoms with Crippen LogP contribution in [0.3, 0.4) is 0 Å². The maximum Gasteiger partial charge on any atom is 0.0223 e. The predicted octanol–water partition coefficient (Wildman–Crippen LogP) is 1.71. The van der Waals surface area contributed by atoms with E-state index in [1.165, 1.54) is 44.3 Å². The zero-order valence-corrected chi connectivity index (χ0v) is 12.1. The lowest BCUT2D eigenvalue weighted by Crippen LogP contribution is -2.38. The lowest BCUT2D eigenvalue weighted by Gasteiger charge is -2.26. The molecule has 2 aliphatic heterocycles. The molecule has 2 saturated heterocycles. The summed E-state index contributed by atoms with van der Waals surface area (Å²) in [6.45, 7) is 12.1. The Morgan fingerprint density at radius 1 is 1.28 bits per heavy atom.